The molecule has 0 unspecified atom stereocenters. The van der Waals surface area contributed by atoms with Crippen molar-refractivity contribution in [2.45, 2.75) is 57.8 Å². The van der Waals surface area contributed by atoms with Crippen molar-refractivity contribution in [2.75, 3.05) is 13.1 Å². The number of piperidine rings is 1. The summed E-state index contributed by atoms with van der Waals surface area (Å²) in [5, 5.41) is 15.5. The maximum Gasteiger partial charge on any atom is 0.192 e. The van der Waals surface area contributed by atoms with Crippen molar-refractivity contribution >= 4 is 5.96 Å². The molecule has 1 saturated heterocycles. The van der Waals surface area contributed by atoms with E-state index in [2.05, 4.69) is 50.0 Å². The van der Waals surface area contributed by atoms with Crippen molar-refractivity contribution in [1.82, 2.24) is 30.3 Å². The van der Waals surface area contributed by atoms with Crippen LogP contribution >= 0.6 is 0 Å². The number of hydrogen-bond donors (Lipinski definition) is 2. The average Bonchev–Trinajstić information content (AvgIpc) is 3.53. The smallest absolute Gasteiger partial charge is 0.192 e. The van der Waals surface area contributed by atoms with Gasteiger partial charge in [-0.2, -0.15) is 0 Å². The van der Waals surface area contributed by atoms with Crippen LogP contribution in [0.15, 0.2) is 35.3 Å². The summed E-state index contributed by atoms with van der Waals surface area (Å²) in [4.78, 5) is 7.48. The van der Waals surface area contributed by atoms with Gasteiger partial charge in [-0.3, -0.25) is 0 Å². The highest BCUT2D eigenvalue weighted by molar-refractivity contribution is 5.80. The molecule has 1 aromatic heterocycles. The molecule has 1 saturated carbocycles. The number of guanidine groups is 1. The van der Waals surface area contributed by atoms with E-state index in [-0.39, 0.29) is 0 Å². The molecule has 150 valence electrons. The molecule has 0 radical (unpaired) electrons. The van der Waals surface area contributed by atoms with Crippen LogP contribution in [0.2, 0.25) is 0 Å². The summed E-state index contributed by atoms with van der Waals surface area (Å²) < 4.78 is 2.01. The van der Waals surface area contributed by atoms with E-state index in [4.69, 9.17) is 4.99 Å². The maximum atomic E-state index is 4.83. The van der Waals surface area contributed by atoms with Crippen molar-refractivity contribution in [3.8, 4) is 0 Å². The first-order chi connectivity index (χ1) is 13.7. The van der Waals surface area contributed by atoms with Crippen LogP contribution in [0.4, 0.5) is 0 Å². The van der Waals surface area contributed by atoms with E-state index in [1.807, 2.05) is 24.6 Å². The Labute approximate surface area is 167 Å². The fraction of sp³-hybridized carbons (Fsp3) is 0.571. The van der Waals surface area contributed by atoms with E-state index < -0.39 is 0 Å². The van der Waals surface area contributed by atoms with Gasteiger partial charge in [0, 0.05) is 32.2 Å². The van der Waals surface area contributed by atoms with E-state index in [1.54, 1.807) is 0 Å². The number of aromatic nitrogens is 3. The quantitative estimate of drug-likeness (QED) is 0.592. The highest BCUT2D eigenvalue weighted by Crippen LogP contribution is 2.29. The van der Waals surface area contributed by atoms with Crippen LogP contribution in [-0.2, 0) is 20.1 Å². The summed E-state index contributed by atoms with van der Waals surface area (Å²) >= 11 is 0. The van der Waals surface area contributed by atoms with Crippen molar-refractivity contribution in [2.24, 2.45) is 12.0 Å². The lowest BCUT2D eigenvalue weighted by molar-refractivity contribution is 0.197. The van der Waals surface area contributed by atoms with E-state index in [1.165, 1.54) is 44.3 Å². The summed E-state index contributed by atoms with van der Waals surface area (Å²) in [5.41, 5.74) is 1.21. The molecule has 0 spiro atoms. The van der Waals surface area contributed by atoms with Gasteiger partial charge in [-0.25, -0.2) is 4.99 Å². The second-order valence-corrected chi connectivity index (χ2v) is 7.91. The third kappa shape index (κ3) is 4.90. The minimum Gasteiger partial charge on any atom is -0.354 e. The van der Waals surface area contributed by atoms with Gasteiger partial charge in [0.25, 0.3) is 0 Å². The largest absolute Gasteiger partial charge is 0.354 e. The molecule has 0 amide bonds. The first kappa shape index (κ1) is 18.9. The summed E-state index contributed by atoms with van der Waals surface area (Å²) in [7, 11) is 1.99. The second-order valence-electron chi connectivity index (χ2n) is 7.91. The minimum atomic E-state index is 0.471. The number of aliphatic imine (C=N–C) groups is 1. The summed E-state index contributed by atoms with van der Waals surface area (Å²) in [6, 6.07) is 11.7. The predicted molar refractivity (Wildman–Crippen MR) is 111 cm³/mol. The van der Waals surface area contributed by atoms with Gasteiger partial charge in [0.2, 0.25) is 0 Å². The Morgan fingerprint density at radius 2 is 1.86 bits per heavy atom. The summed E-state index contributed by atoms with van der Waals surface area (Å²) in [6.45, 7) is 5.62. The molecule has 0 bridgehead atoms. The molecular formula is C21H31N7. The van der Waals surface area contributed by atoms with Gasteiger partial charge in [-0.1, -0.05) is 30.3 Å². The molecule has 2 N–H and O–H groups in total. The van der Waals surface area contributed by atoms with E-state index in [0.717, 1.165) is 23.7 Å². The van der Waals surface area contributed by atoms with Crippen LogP contribution in [-0.4, -0.2) is 50.8 Å². The number of nitrogens with zero attached hydrogens (tertiary/aromatic N) is 5. The van der Waals surface area contributed by atoms with Crippen LogP contribution in [0.5, 0.6) is 0 Å². The van der Waals surface area contributed by atoms with E-state index in [0.29, 0.717) is 19.1 Å². The minimum absolute atomic E-state index is 0.471. The lowest BCUT2D eigenvalue weighted by Crippen LogP contribution is -2.49. The predicted octanol–water partition coefficient (Wildman–Crippen LogP) is 1.99. The molecule has 7 heteroatoms. The molecule has 7 nitrogen and oxygen atoms in total. The van der Waals surface area contributed by atoms with Crippen LogP contribution in [0.25, 0.3) is 0 Å². The van der Waals surface area contributed by atoms with Crippen LogP contribution in [0, 0.1) is 6.92 Å². The number of nitrogens with one attached hydrogen (secondary N) is 2. The zero-order chi connectivity index (χ0) is 19.3. The number of likely N-dealkylation sites (tertiary alicyclic amines) is 1. The van der Waals surface area contributed by atoms with Gasteiger partial charge >= 0.3 is 0 Å². The second kappa shape index (κ2) is 8.73. The Kier molecular flexibility index (Phi) is 5.90. The lowest BCUT2D eigenvalue weighted by Gasteiger charge is -2.33. The molecule has 0 atom stereocenters. The molecule has 1 aliphatic heterocycles. The zero-order valence-electron chi connectivity index (χ0n) is 16.9. The molecular weight excluding hydrogens is 350 g/mol. The summed E-state index contributed by atoms with van der Waals surface area (Å²) in [5.74, 6) is 2.68. The van der Waals surface area contributed by atoms with Crippen molar-refractivity contribution in [1.29, 1.82) is 0 Å². The Morgan fingerprint density at radius 1 is 1.11 bits per heavy atom. The van der Waals surface area contributed by atoms with Gasteiger partial charge in [-0.15, -0.1) is 10.2 Å². The van der Waals surface area contributed by atoms with Gasteiger partial charge in [0.05, 0.1) is 13.1 Å². The Balaban J connectivity index is 1.38. The van der Waals surface area contributed by atoms with E-state index in [9.17, 15) is 0 Å². The standard InChI is InChI=1S/C21H31N7/c1-16-25-26-20(27(16)2)15-23-21(22-14-17-6-4-3-5-7-17)24-18-10-12-28(13-11-18)19-8-9-19/h3-7,18-19H,8-15H2,1-2H3,(H2,22,23,24). The van der Waals surface area contributed by atoms with Crippen LogP contribution in [0.3, 0.4) is 0 Å². The van der Waals surface area contributed by atoms with Crippen LogP contribution < -0.4 is 10.6 Å². The van der Waals surface area contributed by atoms with Gasteiger partial charge < -0.3 is 20.1 Å². The number of rotatable bonds is 6. The van der Waals surface area contributed by atoms with Gasteiger partial charge in [0.15, 0.2) is 11.8 Å². The van der Waals surface area contributed by atoms with E-state index >= 15 is 0 Å². The molecule has 2 aliphatic rings. The number of aryl methyl sites for hydroxylation is 1. The molecule has 4 rings (SSSR count). The third-order valence-electron chi connectivity index (χ3n) is 5.79. The summed E-state index contributed by atoms with van der Waals surface area (Å²) in [6.07, 6.45) is 5.12. The average molecular weight is 382 g/mol. The molecule has 28 heavy (non-hydrogen) atoms. The first-order valence-corrected chi connectivity index (χ1v) is 10.4. The molecule has 2 fully saturated rings. The van der Waals surface area contributed by atoms with Crippen molar-refractivity contribution < 1.29 is 0 Å². The monoisotopic (exact) mass is 381 g/mol. The normalized spacial score (nSPS) is 19.0. The molecule has 1 aliphatic carbocycles. The molecule has 2 heterocycles. The topological polar surface area (TPSA) is 70.4 Å². The third-order valence-corrected chi connectivity index (χ3v) is 5.79. The Hall–Kier alpha value is -2.41. The molecule has 2 aromatic rings. The molecule has 1 aromatic carbocycles. The first-order valence-electron chi connectivity index (χ1n) is 10.4. The SMILES string of the molecule is Cc1nnc(CNC(=NCc2ccccc2)NC2CCN(C3CC3)CC2)n1C. The van der Waals surface area contributed by atoms with Crippen molar-refractivity contribution in [3.63, 3.8) is 0 Å². The van der Waals surface area contributed by atoms with Crippen molar-refractivity contribution in [3.05, 3.63) is 47.5 Å². The highest BCUT2D eigenvalue weighted by Gasteiger charge is 2.31. The fourth-order valence-corrected chi connectivity index (χ4v) is 3.72. The van der Waals surface area contributed by atoms with Gasteiger partial charge in [0.1, 0.15) is 5.82 Å². The Bertz CT molecular complexity index is 786. The highest BCUT2D eigenvalue weighted by atomic mass is 15.3. The number of hydrogen-bond acceptors (Lipinski definition) is 4. The van der Waals surface area contributed by atoms with Gasteiger partial charge in [-0.05, 0) is 38.2 Å². The maximum absolute atomic E-state index is 4.83. The number of benzene rings is 1. The fourth-order valence-electron chi connectivity index (χ4n) is 3.72. The van der Waals surface area contributed by atoms with Crippen LogP contribution in [0.1, 0.15) is 42.9 Å². The zero-order valence-corrected chi connectivity index (χ0v) is 16.9. The Morgan fingerprint density at radius 3 is 2.50 bits per heavy atom. The lowest BCUT2D eigenvalue weighted by atomic mass is 10.1.